The molecule has 0 atom stereocenters. The number of hydrogen-bond acceptors (Lipinski definition) is 2. The zero-order valence-corrected chi connectivity index (χ0v) is 7.37. The Bertz CT molecular complexity index is 377. The molecule has 0 aliphatic heterocycles. The van der Waals surface area contributed by atoms with E-state index in [1.54, 1.807) is 12.1 Å². The number of carbonyl (C=O) groups excluding carboxylic acids is 1. The topological polar surface area (TPSA) is 66.9 Å². The van der Waals surface area contributed by atoms with Crippen molar-refractivity contribution in [3.8, 4) is 6.07 Å². The van der Waals surface area contributed by atoms with Crippen molar-refractivity contribution in [3.63, 3.8) is 0 Å². The van der Waals surface area contributed by atoms with E-state index in [4.69, 9.17) is 11.0 Å². The minimum atomic E-state index is -0.501. The highest BCUT2D eigenvalue weighted by Gasteiger charge is 2.04. The number of benzene rings is 1. The smallest absolute Gasteiger partial charge is 0.248 e. The monoisotopic (exact) mass is 174 g/mol. The molecule has 0 unspecified atom stereocenters. The maximum Gasteiger partial charge on any atom is 0.248 e. The largest absolute Gasteiger partial charge is 0.366 e. The Morgan fingerprint density at radius 3 is 2.77 bits per heavy atom. The van der Waals surface area contributed by atoms with Gasteiger partial charge >= 0.3 is 0 Å². The van der Waals surface area contributed by atoms with E-state index in [0.717, 1.165) is 12.0 Å². The predicted molar refractivity (Wildman–Crippen MR) is 49.1 cm³/mol. The third-order valence-corrected chi connectivity index (χ3v) is 1.90. The van der Waals surface area contributed by atoms with Crippen LogP contribution in [0.25, 0.3) is 0 Å². The van der Waals surface area contributed by atoms with Crippen molar-refractivity contribution in [2.75, 3.05) is 0 Å². The minimum absolute atomic E-state index is 0.383. The summed E-state index contributed by atoms with van der Waals surface area (Å²) in [5.41, 5.74) is 6.93. The lowest BCUT2D eigenvalue weighted by Gasteiger charge is -2.01. The standard InChI is InChI=1S/C10H10N2O/c1-2-7-3-4-8(10(12)13)5-9(7)6-11/h3-5H,2H2,1H3,(H2,12,13). The van der Waals surface area contributed by atoms with Crippen LogP contribution in [0.4, 0.5) is 0 Å². The van der Waals surface area contributed by atoms with Gasteiger partial charge in [0.25, 0.3) is 0 Å². The number of nitrogens with two attached hydrogens (primary N) is 1. The van der Waals surface area contributed by atoms with E-state index in [2.05, 4.69) is 0 Å². The summed E-state index contributed by atoms with van der Waals surface area (Å²) in [6, 6.07) is 6.97. The van der Waals surface area contributed by atoms with Gasteiger partial charge in [-0.15, -0.1) is 0 Å². The maximum atomic E-state index is 10.8. The van der Waals surface area contributed by atoms with Crippen LogP contribution < -0.4 is 5.73 Å². The van der Waals surface area contributed by atoms with Crippen LogP contribution in [0.5, 0.6) is 0 Å². The molecule has 3 heteroatoms. The molecule has 0 radical (unpaired) electrons. The first-order valence-electron chi connectivity index (χ1n) is 4.02. The molecule has 0 heterocycles. The summed E-state index contributed by atoms with van der Waals surface area (Å²) < 4.78 is 0. The second kappa shape index (κ2) is 3.72. The molecule has 0 saturated carbocycles. The van der Waals surface area contributed by atoms with Crippen molar-refractivity contribution in [1.29, 1.82) is 5.26 Å². The van der Waals surface area contributed by atoms with Gasteiger partial charge in [-0.3, -0.25) is 4.79 Å². The molecular formula is C10H10N2O. The Morgan fingerprint density at radius 1 is 1.62 bits per heavy atom. The fraction of sp³-hybridized carbons (Fsp3) is 0.200. The van der Waals surface area contributed by atoms with Crippen molar-refractivity contribution in [2.45, 2.75) is 13.3 Å². The molecule has 3 nitrogen and oxygen atoms in total. The van der Waals surface area contributed by atoms with Gasteiger partial charge in [-0.1, -0.05) is 13.0 Å². The van der Waals surface area contributed by atoms with Gasteiger partial charge in [0.2, 0.25) is 5.91 Å². The van der Waals surface area contributed by atoms with Gasteiger partial charge in [0, 0.05) is 5.56 Å². The Hall–Kier alpha value is -1.82. The summed E-state index contributed by atoms with van der Waals surface area (Å²) in [4.78, 5) is 10.8. The lowest BCUT2D eigenvalue weighted by atomic mass is 10.0. The van der Waals surface area contributed by atoms with Crippen LogP contribution in [0.3, 0.4) is 0 Å². The van der Waals surface area contributed by atoms with Gasteiger partial charge in [0.1, 0.15) is 0 Å². The first kappa shape index (κ1) is 9.27. The minimum Gasteiger partial charge on any atom is -0.366 e. The Labute approximate surface area is 76.8 Å². The number of amides is 1. The summed E-state index contributed by atoms with van der Waals surface area (Å²) >= 11 is 0. The maximum absolute atomic E-state index is 10.8. The normalized spacial score (nSPS) is 9.23. The van der Waals surface area contributed by atoms with Crippen LogP contribution in [-0.2, 0) is 6.42 Å². The van der Waals surface area contributed by atoms with E-state index < -0.39 is 5.91 Å². The number of aryl methyl sites for hydroxylation is 1. The lowest BCUT2D eigenvalue weighted by Crippen LogP contribution is -2.11. The Morgan fingerprint density at radius 2 is 2.31 bits per heavy atom. The fourth-order valence-electron chi connectivity index (χ4n) is 1.14. The summed E-state index contributed by atoms with van der Waals surface area (Å²) in [7, 11) is 0. The lowest BCUT2D eigenvalue weighted by molar-refractivity contribution is 0.100. The molecule has 1 amide bonds. The molecule has 0 spiro atoms. The second-order valence-electron chi connectivity index (χ2n) is 2.70. The van der Waals surface area contributed by atoms with Crippen molar-refractivity contribution in [1.82, 2.24) is 0 Å². The number of nitriles is 1. The Balaban J connectivity index is 3.23. The average Bonchev–Trinajstić information content (AvgIpc) is 2.16. The molecule has 0 aliphatic rings. The van der Waals surface area contributed by atoms with E-state index in [1.807, 2.05) is 13.0 Å². The van der Waals surface area contributed by atoms with E-state index >= 15 is 0 Å². The molecule has 2 N–H and O–H groups in total. The van der Waals surface area contributed by atoms with Crippen LogP contribution in [0.1, 0.15) is 28.4 Å². The molecule has 0 aliphatic carbocycles. The van der Waals surface area contributed by atoms with Crippen LogP contribution in [0, 0.1) is 11.3 Å². The zero-order valence-electron chi connectivity index (χ0n) is 7.37. The average molecular weight is 174 g/mol. The van der Waals surface area contributed by atoms with Gasteiger partial charge < -0.3 is 5.73 Å². The number of hydrogen-bond donors (Lipinski definition) is 1. The van der Waals surface area contributed by atoms with Crippen molar-refractivity contribution in [3.05, 3.63) is 34.9 Å². The number of primary amides is 1. The van der Waals surface area contributed by atoms with Crippen molar-refractivity contribution < 1.29 is 4.79 Å². The van der Waals surface area contributed by atoms with E-state index in [-0.39, 0.29) is 0 Å². The third kappa shape index (κ3) is 1.85. The molecular weight excluding hydrogens is 164 g/mol. The first-order valence-corrected chi connectivity index (χ1v) is 4.02. The number of rotatable bonds is 2. The Kier molecular flexibility index (Phi) is 2.65. The van der Waals surface area contributed by atoms with Crippen LogP contribution in [0.2, 0.25) is 0 Å². The van der Waals surface area contributed by atoms with Gasteiger partial charge in [0.05, 0.1) is 11.6 Å². The van der Waals surface area contributed by atoms with E-state index in [1.165, 1.54) is 6.07 Å². The van der Waals surface area contributed by atoms with Gasteiger partial charge in [-0.05, 0) is 24.1 Å². The van der Waals surface area contributed by atoms with Crippen LogP contribution in [0.15, 0.2) is 18.2 Å². The fourth-order valence-corrected chi connectivity index (χ4v) is 1.14. The number of carbonyl (C=O) groups is 1. The second-order valence-corrected chi connectivity index (χ2v) is 2.70. The summed E-state index contributed by atoms with van der Waals surface area (Å²) in [6.45, 7) is 1.96. The van der Waals surface area contributed by atoms with Gasteiger partial charge in [-0.2, -0.15) is 5.26 Å². The highest BCUT2D eigenvalue weighted by molar-refractivity contribution is 5.93. The molecule has 66 valence electrons. The third-order valence-electron chi connectivity index (χ3n) is 1.90. The first-order chi connectivity index (χ1) is 6.19. The van der Waals surface area contributed by atoms with E-state index in [0.29, 0.717) is 11.1 Å². The molecule has 0 bridgehead atoms. The molecule has 13 heavy (non-hydrogen) atoms. The van der Waals surface area contributed by atoms with E-state index in [9.17, 15) is 4.79 Å². The van der Waals surface area contributed by atoms with Crippen LogP contribution in [-0.4, -0.2) is 5.91 Å². The quantitative estimate of drug-likeness (QED) is 0.732. The molecule has 0 fully saturated rings. The SMILES string of the molecule is CCc1ccc(C(N)=O)cc1C#N. The van der Waals surface area contributed by atoms with Gasteiger partial charge in [0.15, 0.2) is 0 Å². The molecule has 1 aromatic rings. The highest BCUT2D eigenvalue weighted by atomic mass is 16.1. The van der Waals surface area contributed by atoms with Crippen molar-refractivity contribution in [2.24, 2.45) is 5.73 Å². The molecule has 1 aromatic carbocycles. The highest BCUT2D eigenvalue weighted by Crippen LogP contribution is 2.11. The molecule has 0 aromatic heterocycles. The summed E-state index contributed by atoms with van der Waals surface area (Å²) in [6.07, 6.45) is 0.780. The molecule has 1 rings (SSSR count). The zero-order chi connectivity index (χ0) is 9.84. The number of nitrogens with zero attached hydrogens (tertiary/aromatic N) is 1. The predicted octanol–water partition coefficient (Wildman–Crippen LogP) is 1.22. The van der Waals surface area contributed by atoms with Crippen molar-refractivity contribution >= 4 is 5.91 Å². The van der Waals surface area contributed by atoms with Crippen LogP contribution >= 0.6 is 0 Å². The van der Waals surface area contributed by atoms with Gasteiger partial charge in [-0.25, -0.2) is 0 Å². The molecule has 0 saturated heterocycles. The summed E-state index contributed by atoms with van der Waals surface area (Å²) in [5, 5.41) is 8.75. The summed E-state index contributed by atoms with van der Waals surface area (Å²) in [5.74, 6) is -0.501.